The Bertz CT molecular complexity index is 466. The molecule has 0 amide bonds. The van der Waals surface area contributed by atoms with Gasteiger partial charge in [0.1, 0.15) is 0 Å². The van der Waals surface area contributed by atoms with E-state index in [0.717, 1.165) is 18.7 Å². The zero-order chi connectivity index (χ0) is 12.3. The molecule has 0 N–H and O–H groups in total. The lowest BCUT2D eigenvalue weighted by Crippen LogP contribution is -2.08. The van der Waals surface area contributed by atoms with Gasteiger partial charge in [0.2, 0.25) is 0 Å². The van der Waals surface area contributed by atoms with Gasteiger partial charge in [-0.25, -0.2) is 0 Å². The summed E-state index contributed by atoms with van der Waals surface area (Å²) in [4.78, 5) is 4.30. The molecule has 0 spiro atoms. The van der Waals surface area contributed by atoms with Gasteiger partial charge >= 0.3 is 0 Å². The lowest BCUT2D eigenvalue weighted by molar-refractivity contribution is 0.411. The molecule has 0 radical (unpaired) electrons. The van der Waals surface area contributed by atoms with Crippen LogP contribution in [0.3, 0.4) is 0 Å². The Hall–Kier alpha value is -1.64. The van der Waals surface area contributed by atoms with Crippen molar-refractivity contribution in [2.24, 2.45) is 5.41 Å². The number of nitrogens with zero attached hydrogens (tertiary/aromatic N) is 3. The minimum absolute atomic E-state index is 0.304. The molecule has 0 saturated heterocycles. The summed E-state index contributed by atoms with van der Waals surface area (Å²) in [7, 11) is 0. The fourth-order valence-corrected chi connectivity index (χ4v) is 1.85. The first-order valence-electron chi connectivity index (χ1n) is 5.94. The van der Waals surface area contributed by atoms with Crippen molar-refractivity contribution in [1.29, 1.82) is 0 Å². The highest BCUT2D eigenvalue weighted by atomic mass is 15.3. The molecule has 2 aromatic heterocycles. The van der Waals surface area contributed by atoms with Gasteiger partial charge in [0, 0.05) is 12.4 Å². The van der Waals surface area contributed by atoms with Crippen LogP contribution in [0.2, 0.25) is 0 Å². The molecule has 0 saturated carbocycles. The van der Waals surface area contributed by atoms with Gasteiger partial charge in [-0.1, -0.05) is 26.8 Å². The van der Waals surface area contributed by atoms with Gasteiger partial charge in [-0.2, -0.15) is 5.10 Å². The fourth-order valence-electron chi connectivity index (χ4n) is 1.85. The first-order chi connectivity index (χ1) is 8.03. The summed E-state index contributed by atoms with van der Waals surface area (Å²) >= 11 is 0. The van der Waals surface area contributed by atoms with Crippen LogP contribution in [0.4, 0.5) is 0 Å². The Morgan fingerprint density at radius 3 is 2.71 bits per heavy atom. The molecule has 2 rings (SSSR count). The number of aromatic nitrogens is 3. The van der Waals surface area contributed by atoms with Crippen LogP contribution < -0.4 is 0 Å². The van der Waals surface area contributed by atoms with Gasteiger partial charge in [-0.05, 0) is 29.5 Å². The molecule has 0 aliphatic carbocycles. The summed E-state index contributed by atoms with van der Waals surface area (Å²) in [5, 5.41) is 4.37. The molecule has 0 bridgehead atoms. The van der Waals surface area contributed by atoms with Crippen LogP contribution in [0, 0.1) is 5.41 Å². The zero-order valence-corrected chi connectivity index (χ0v) is 10.7. The second-order valence-electron chi connectivity index (χ2n) is 5.60. The summed E-state index contributed by atoms with van der Waals surface area (Å²) < 4.78 is 1.95. The van der Waals surface area contributed by atoms with Crippen molar-refractivity contribution in [2.75, 3.05) is 0 Å². The van der Waals surface area contributed by atoms with Crippen molar-refractivity contribution in [3.05, 3.63) is 48.0 Å². The minimum atomic E-state index is 0.304. The van der Waals surface area contributed by atoms with Crippen LogP contribution in [0.5, 0.6) is 0 Å². The van der Waals surface area contributed by atoms with Crippen molar-refractivity contribution in [2.45, 2.75) is 33.7 Å². The summed E-state index contributed by atoms with van der Waals surface area (Å²) in [6.45, 7) is 7.46. The van der Waals surface area contributed by atoms with E-state index in [9.17, 15) is 0 Å². The third kappa shape index (κ3) is 3.70. The van der Waals surface area contributed by atoms with E-state index in [0.29, 0.717) is 5.41 Å². The number of rotatable bonds is 3. The van der Waals surface area contributed by atoms with E-state index >= 15 is 0 Å². The summed E-state index contributed by atoms with van der Waals surface area (Å²) in [6.07, 6.45) is 6.93. The maximum atomic E-state index is 4.37. The smallest absolute Gasteiger partial charge is 0.0831 e. The molecule has 0 atom stereocenters. The quantitative estimate of drug-likeness (QED) is 0.810. The van der Waals surface area contributed by atoms with Crippen LogP contribution in [-0.4, -0.2) is 14.8 Å². The molecule has 0 aromatic carbocycles. The van der Waals surface area contributed by atoms with Crippen molar-refractivity contribution >= 4 is 0 Å². The SMILES string of the molecule is CC(C)(C)Cc1cnn(Cc2ccccn2)c1. The largest absolute Gasteiger partial charge is 0.266 e. The topological polar surface area (TPSA) is 30.7 Å². The second-order valence-corrected chi connectivity index (χ2v) is 5.60. The molecular weight excluding hydrogens is 210 g/mol. The van der Waals surface area contributed by atoms with Crippen molar-refractivity contribution in [3.63, 3.8) is 0 Å². The Morgan fingerprint density at radius 2 is 2.06 bits per heavy atom. The first-order valence-corrected chi connectivity index (χ1v) is 5.94. The summed E-state index contributed by atoms with van der Waals surface area (Å²) in [6, 6.07) is 5.95. The van der Waals surface area contributed by atoms with Crippen LogP contribution in [0.15, 0.2) is 36.8 Å². The van der Waals surface area contributed by atoms with E-state index in [4.69, 9.17) is 0 Å². The van der Waals surface area contributed by atoms with E-state index in [1.165, 1.54) is 5.56 Å². The number of hydrogen-bond acceptors (Lipinski definition) is 2. The number of hydrogen-bond donors (Lipinski definition) is 0. The van der Waals surface area contributed by atoms with Crippen LogP contribution in [-0.2, 0) is 13.0 Å². The van der Waals surface area contributed by atoms with Gasteiger partial charge < -0.3 is 0 Å². The average molecular weight is 229 g/mol. The second kappa shape index (κ2) is 4.70. The normalized spacial score (nSPS) is 11.7. The van der Waals surface area contributed by atoms with Gasteiger partial charge in [0.25, 0.3) is 0 Å². The van der Waals surface area contributed by atoms with Crippen molar-refractivity contribution < 1.29 is 0 Å². The molecule has 3 heteroatoms. The molecule has 2 aromatic rings. The third-order valence-electron chi connectivity index (χ3n) is 2.47. The molecule has 2 heterocycles. The molecule has 90 valence electrons. The number of pyridine rings is 1. The third-order valence-corrected chi connectivity index (χ3v) is 2.47. The van der Waals surface area contributed by atoms with Gasteiger partial charge in [0.15, 0.2) is 0 Å². The van der Waals surface area contributed by atoms with Crippen LogP contribution >= 0.6 is 0 Å². The molecule has 17 heavy (non-hydrogen) atoms. The molecule has 0 aliphatic heterocycles. The highest BCUT2D eigenvalue weighted by Gasteiger charge is 2.12. The van der Waals surface area contributed by atoms with E-state index < -0.39 is 0 Å². The van der Waals surface area contributed by atoms with Crippen LogP contribution in [0.25, 0.3) is 0 Å². The highest BCUT2D eigenvalue weighted by molar-refractivity contribution is 5.09. The Kier molecular flexibility index (Phi) is 3.27. The summed E-state index contributed by atoms with van der Waals surface area (Å²) in [5.74, 6) is 0. The van der Waals surface area contributed by atoms with E-state index in [1.807, 2.05) is 35.3 Å². The Morgan fingerprint density at radius 1 is 1.24 bits per heavy atom. The van der Waals surface area contributed by atoms with E-state index in [2.05, 4.69) is 37.1 Å². The molecule has 0 aliphatic rings. The molecule has 3 nitrogen and oxygen atoms in total. The summed E-state index contributed by atoms with van der Waals surface area (Å²) in [5.41, 5.74) is 2.63. The maximum Gasteiger partial charge on any atom is 0.0831 e. The highest BCUT2D eigenvalue weighted by Crippen LogP contribution is 2.19. The minimum Gasteiger partial charge on any atom is -0.266 e. The zero-order valence-electron chi connectivity index (χ0n) is 10.7. The predicted molar refractivity (Wildman–Crippen MR) is 68.7 cm³/mol. The maximum absolute atomic E-state index is 4.37. The van der Waals surface area contributed by atoms with Crippen molar-refractivity contribution in [3.8, 4) is 0 Å². The molecule has 0 fully saturated rings. The van der Waals surface area contributed by atoms with Gasteiger partial charge in [0.05, 0.1) is 18.4 Å². The molecule has 0 unspecified atom stereocenters. The standard InChI is InChI=1S/C14H19N3/c1-14(2,3)8-12-9-16-17(10-12)11-13-6-4-5-7-15-13/h4-7,9-10H,8,11H2,1-3H3. The monoisotopic (exact) mass is 229 g/mol. The average Bonchev–Trinajstić information content (AvgIpc) is 2.64. The van der Waals surface area contributed by atoms with Crippen molar-refractivity contribution in [1.82, 2.24) is 14.8 Å². The Balaban J connectivity index is 2.04. The van der Waals surface area contributed by atoms with Crippen LogP contribution in [0.1, 0.15) is 32.0 Å². The van der Waals surface area contributed by atoms with Gasteiger partial charge in [-0.15, -0.1) is 0 Å². The predicted octanol–water partition coefficient (Wildman–Crippen LogP) is 2.92. The van der Waals surface area contributed by atoms with E-state index in [1.54, 1.807) is 0 Å². The molecular formula is C14H19N3. The van der Waals surface area contributed by atoms with Gasteiger partial charge in [-0.3, -0.25) is 9.67 Å². The lowest BCUT2D eigenvalue weighted by atomic mass is 9.89. The first kappa shape index (κ1) is 11.8. The fraction of sp³-hybridized carbons (Fsp3) is 0.429. The Labute approximate surface area is 103 Å². The van der Waals surface area contributed by atoms with E-state index in [-0.39, 0.29) is 0 Å². The lowest BCUT2D eigenvalue weighted by Gasteiger charge is -2.16.